The number of carbonyl (C=O) groups is 1. The molecule has 2 aliphatic rings. The molecule has 0 bridgehead atoms. The minimum atomic E-state index is -0.404. The molecule has 1 fully saturated rings. The third-order valence-electron chi connectivity index (χ3n) is 6.54. The Morgan fingerprint density at radius 2 is 1.89 bits per heavy atom. The van der Waals surface area contributed by atoms with Gasteiger partial charge in [-0.05, 0) is 29.3 Å². The van der Waals surface area contributed by atoms with Gasteiger partial charge in [0, 0.05) is 49.5 Å². The number of benzene rings is 1. The van der Waals surface area contributed by atoms with Gasteiger partial charge < -0.3 is 14.6 Å². The zero-order chi connectivity index (χ0) is 25.2. The molecule has 186 valence electrons. The molecule has 3 aromatic heterocycles. The van der Waals surface area contributed by atoms with Crippen LogP contribution in [0.3, 0.4) is 0 Å². The number of nitrogens with zero attached hydrogens (tertiary/aromatic N) is 5. The lowest BCUT2D eigenvalue weighted by Gasteiger charge is -2.27. The van der Waals surface area contributed by atoms with E-state index in [2.05, 4.69) is 24.8 Å². The number of rotatable bonds is 7. The Labute approximate surface area is 213 Å². The van der Waals surface area contributed by atoms with Crippen molar-refractivity contribution < 1.29 is 13.9 Å². The number of imidazole rings is 1. The Hall–Kier alpha value is -4.24. The molecule has 2 aliphatic heterocycles. The quantitative estimate of drug-likeness (QED) is 0.417. The van der Waals surface area contributed by atoms with E-state index in [-0.39, 0.29) is 5.78 Å². The molecule has 0 aliphatic carbocycles. The number of fused-ring (bicyclic) bond motifs is 1. The van der Waals surface area contributed by atoms with E-state index in [0.29, 0.717) is 43.9 Å². The number of allylic oxidation sites excluding steroid dienone is 1. The first-order chi connectivity index (χ1) is 18.1. The van der Waals surface area contributed by atoms with Gasteiger partial charge in [0.1, 0.15) is 22.9 Å². The first-order valence-electron chi connectivity index (χ1n) is 12.3. The molecule has 0 amide bonds. The van der Waals surface area contributed by atoms with Gasteiger partial charge in [-0.25, -0.2) is 14.4 Å². The molecule has 1 N–H and O–H groups in total. The Kier molecular flexibility index (Phi) is 6.28. The highest BCUT2D eigenvalue weighted by molar-refractivity contribution is 6.10. The molecule has 0 saturated carbocycles. The largest absolute Gasteiger partial charge is 0.378 e. The number of morpholine rings is 1. The summed E-state index contributed by atoms with van der Waals surface area (Å²) >= 11 is 0. The number of aliphatic imine (C=N–C) groups is 1. The van der Waals surface area contributed by atoms with Gasteiger partial charge in [-0.1, -0.05) is 24.3 Å². The number of H-pyrrole nitrogens is 1. The summed E-state index contributed by atoms with van der Waals surface area (Å²) in [6.07, 6.45) is 7.04. The highest BCUT2D eigenvalue weighted by Gasteiger charge is 2.18. The van der Waals surface area contributed by atoms with E-state index in [0.717, 1.165) is 58.7 Å². The Bertz CT molecular complexity index is 1520. The third kappa shape index (κ3) is 5.03. The number of pyridine rings is 2. The van der Waals surface area contributed by atoms with Crippen molar-refractivity contribution >= 4 is 28.3 Å². The van der Waals surface area contributed by atoms with Gasteiger partial charge in [0.25, 0.3) is 0 Å². The Balaban J connectivity index is 1.12. The minimum absolute atomic E-state index is 0.109. The minimum Gasteiger partial charge on any atom is -0.378 e. The molecule has 0 atom stereocenters. The van der Waals surface area contributed by atoms with Gasteiger partial charge in [0.15, 0.2) is 5.82 Å². The lowest BCUT2D eigenvalue weighted by Crippen LogP contribution is -2.36. The van der Waals surface area contributed by atoms with Gasteiger partial charge >= 0.3 is 0 Å². The number of halogens is 1. The fraction of sp³-hybridized carbons (Fsp3) is 0.250. The second-order valence-corrected chi connectivity index (χ2v) is 9.20. The van der Waals surface area contributed by atoms with Crippen molar-refractivity contribution in [1.29, 1.82) is 0 Å². The van der Waals surface area contributed by atoms with Gasteiger partial charge in [-0.15, -0.1) is 0 Å². The molecular formula is C28H25FN6O2. The lowest BCUT2D eigenvalue weighted by molar-refractivity contribution is -0.117. The summed E-state index contributed by atoms with van der Waals surface area (Å²) in [5, 5.41) is 0. The standard InChI is InChI=1S/C28H25FN6O2/c29-22-14-21(16-30-17-22)25-13-19(15-32-25)12-23(36)11-18-1-3-20(4-2-18)27-33-24-5-6-31-28(26(24)34-27)35-7-9-37-10-8-35/h1-6,13-14,16-17H,7-12,15H2,(H,33,34). The molecule has 8 nitrogen and oxygen atoms in total. The summed E-state index contributed by atoms with van der Waals surface area (Å²) in [7, 11) is 0. The van der Waals surface area contributed by atoms with E-state index >= 15 is 0 Å². The average molecular weight is 497 g/mol. The first kappa shape index (κ1) is 23.2. The molecular weight excluding hydrogens is 471 g/mol. The van der Waals surface area contributed by atoms with Crippen molar-refractivity contribution in [2.45, 2.75) is 12.8 Å². The second kappa shape index (κ2) is 10.0. The monoisotopic (exact) mass is 496 g/mol. The topological polar surface area (TPSA) is 96.4 Å². The molecule has 0 unspecified atom stereocenters. The number of Topliss-reactive ketones (excluding diaryl/α,β-unsaturated/α-hetero) is 1. The molecule has 0 radical (unpaired) electrons. The van der Waals surface area contributed by atoms with Gasteiger partial charge in [0.2, 0.25) is 0 Å². The molecule has 6 rings (SSSR count). The fourth-order valence-electron chi connectivity index (χ4n) is 4.69. The van der Waals surface area contributed by atoms with Crippen LogP contribution in [0.1, 0.15) is 17.5 Å². The van der Waals surface area contributed by atoms with Crippen LogP contribution in [0.2, 0.25) is 0 Å². The summed E-state index contributed by atoms with van der Waals surface area (Å²) in [5.74, 6) is 1.34. The van der Waals surface area contributed by atoms with E-state index in [4.69, 9.17) is 9.72 Å². The predicted molar refractivity (Wildman–Crippen MR) is 139 cm³/mol. The Morgan fingerprint density at radius 3 is 2.70 bits per heavy atom. The molecule has 9 heteroatoms. The number of ketones is 1. The smallest absolute Gasteiger partial charge is 0.156 e. The number of aromatic amines is 1. The van der Waals surface area contributed by atoms with Crippen molar-refractivity contribution in [2.24, 2.45) is 4.99 Å². The summed E-state index contributed by atoms with van der Waals surface area (Å²) < 4.78 is 18.9. The van der Waals surface area contributed by atoms with Crippen molar-refractivity contribution in [3.05, 3.63) is 83.6 Å². The summed E-state index contributed by atoms with van der Waals surface area (Å²) in [6, 6.07) is 11.2. The summed E-state index contributed by atoms with van der Waals surface area (Å²) in [5.41, 5.74) is 5.88. The van der Waals surface area contributed by atoms with Crippen LogP contribution in [0, 0.1) is 5.82 Å². The number of nitrogens with one attached hydrogen (secondary N) is 1. The van der Waals surface area contributed by atoms with Gasteiger partial charge in [0.05, 0.1) is 37.2 Å². The van der Waals surface area contributed by atoms with E-state index < -0.39 is 5.82 Å². The van der Waals surface area contributed by atoms with E-state index in [1.165, 1.54) is 6.07 Å². The lowest BCUT2D eigenvalue weighted by atomic mass is 10.0. The van der Waals surface area contributed by atoms with Crippen LogP contribution in [0.15, 0.2) is 71.6 Å². The fourth-order valence-corrected chi connectivity index (χ4v) is 4.69. The highest BCUT2D eigenvalue weighted by atomic mass is 19.1. The molecule has 4 aromatic rings. The zero-order valence-electron chi connectivity index (χ0n) is 20.2. The van der Waals surface area contributed by atoms with Gasteiger partial charge in [-0.3, -0.25) is 14.8 Å². The van der Waals surface area contributed by atoms with Crippen LogP contribution >= 0.6 is 0 Å². The van der Waals surface area contributed by atoms with Crippen LogP contribution < -0.4 is 4.90 Å². The predicted octanol–water partition coefficient (Wildman–Crippen LogP) is 3.93. The molecule has 5 heterocycles. The highest BCUT2D eigenvalue weighted by Crippen LogP contribution is 2.27. The number of aromatic nitrogens is 4. The molecule has 0 spiro atoms. The van der Waals surface area contributed by atoms with Gasteiger partial charge in [-0.2, -0.15) is 0 Å². The van der Waals surface area contributed by atoms with Crippen LogP contribution in [0.4, 0.5) is 10.2 Å². The van der Waals surface area contributed by atoms with Crippen molar-refractivity contribution in [2.75, 3.05) is 37.7 Å². The Morgan fingerprint density at radius 1 is 1.05 bits per heavy atom. The number of hydrogen-bond acceptors (Lipinski definition) is 7. The number of anilines is 1. The number of carbonyl (C=O) groups excluding carboxylic acids is 1. The maximum atomic E-state index is 13.4. The molecule has 1 saturated heterocycles. The summed E-state index contributed by atoms with van der Waals surface area (Å²) in [6.45, 7) is 3.41. The van der Waals surface area contributed by atoms with E-state index in [1.807, 2.05) is 36.4 Å². The first-order valence-corrected chi connectivity index (χ1v) is 12.3. The van der Waals surface area contributed by atoms with Crippen molar-refractivity contribution in [1.82, 2.24) is 19.9 Å². The zero-order valence-corrected chi connectivity index (χ0v) is 20.2. The maximum Gasteiger partial charge on any atom is 0.156 e. The SMILES string of the molecule is O=C(CC1=CC(c2cncc(F)c2)=NC1)Cc1ccc(-c2nc3c(N4CCOCC4)nccc3[nH]2)cc1. The number of hydrogen-bond donors (Lipinski definition) is 1. The molecule has 37 heavy (non-hydrogen) atoms. The number of ether oxygens (including phenoxy) is 1. The normalized spacial score (nSPS) is 15.6. The van der Waals surface area contributed by atoms with Crippen LogP contribution in [-0.2, 0) is 16.0 Å². The molecule has 1 aromatic carbocycles. The van der Waals surface area contributed by atoms with Crippen LogP contribution in [-0.4, -0.2) is 64.3 Å². The van der Waals surface area contributed by atoms with E-state index in [9.17, 15) is 9.18 Å². The van der Waals surface area contributed by atoms with Crippen LogP contribution in [0.25, 0.3) is 22.4 Å². The average Bonchev–Trinajstić information content (AvgIpc) is 3.57. The van der Waals surface area contributed by atoms with E-state index in [1.54, 1.807) is 12.4 Å². The van der Waals surface area contributed by atoms with Crippen LogP contribution in [0.5, 0.6) is 0 Å². The third-order valence-corrected chi connectivity index (χ3v) is 6.54. The summed E-state index contributed by atoms with van der Waals surface area (Å²) in [4.78, 5) is 36.0. The second-order valence-electron chi connectivity index (χ2n) is 9.20. The van der Waals surface area contributed by atoms with Crippen molar-refractivity contribution in [3.63, 3.8) is 0 Å². The van der Waals surface area contributed by atoms with Crippen molar-refractivity contribution in [3.8, 4) is 11.4 Å². The maximum absolute atomic E-state index is 13.4.